The van der Waals surface area contributed by atoms with Crippen LogP contribution >= 0.6 is 0 Å². The highest BCUT2D eigenvalue weighted by atomic mass is 19.1. The van der Waals surface area contributed by atoms with E-state index in [2.05, 4.69) is 6.58 Å². The van der Waals surface area contributed by atoms with Crippen molar-refractivity contribution in [3.05, 3.63) is 58.9 Å². The lowest BCUT2D eigenvalue weighted by Gasteiger charge is -2.04. The Bertz CT molecular complexity index is 400. The summed E-state index contributed by atoms with van der Waals surface area (Å²) < 4.78 is 13.3. The average Bonchev–Trinajstić information content (AvgIpc) is 2.10. The topological polar surface area (TPSA) is 0 Å². The predicted molar refractivity (Wildman–Crippen MR) is 63.4 cm³/mol. The van der Waals surface area contributed by atoms with Crippen molar-refractivity contribution in [2.24, 2.45) is 0 Å². The van der Waals surface area contributed by atoms with Crippen LogP contribution in [-0.4, -0.2) is 0 Å². The molecular formula is C14H17F. The van der Waals surface area contributed by atoms with Crippen molar-refractivity contribution in [2.75, 3.05) is 0 Å². The maximum Gasteiger partial charge on any atom is 0.126 e. The molecule has 0 heterocycles. The lowest BCUT2D eigenvalue weighted by molar-refractivity contribution is 0.616. The van der Waals surface area contributed by atoms with Crippen molar-refractivity contribution in [3.8, 4) is 0 Å². The third-order valence-electron chi connectivity index (χ3n) is 2.21. The fourth-order valence-corrected chi connectivity index (χ4v) is 1.54. The van der Waals surface area contributed by atoms with Crippen LogP contribution in [0, 0.1) is 12.7 Å². The molecule has 0 spiro atoms. The monoisotopic (exact) mass is 204 g/mol. The van der Waals surface area contributed by atoms with Gasteiger partial charge < -0.3 is 0 Å². The smallest absolute Gasteiger partial charge is 0.126 e. The zero-order valence-electron chi connectivity index (χ0n) is 9.60. The van der Waals surface area contributed by atoms with Gasteiger partial charge in [0.15, 0.2) is 0 Å². The molecule has 0 atom stereocenters. The van der Waals surface area contributed by atoms with Gasteiger partial charge in [-0.1, -0.05) is 35.9 Å². The highest BCUT2D eigenvalue weighted by Gasteiger charge is 2.00. The van der Waals surface area contributed by atoms with E-state index in [0.29, 0.717) is 5.56 Å². The standard InChI is InChI=1S/C14H17F/c1-10(2)7-11(3)8-13-6-5-12(4)14(15)9-13/h5-7,9H,1,8H2,2-4H3/b11-7+. The molecule has 0 radical (unpaired) electrons. The van der Waals surface area contributed by atoms with Crippen LogP contribution in [0.5, 0.6) is 0 Å². The molecule has 1 aromatic carbocycles. The highest BCUT2D eigenvalue weighted by molar-refractivity contribution is 5.28. The molecule has 0 aliphatic rings. The van der Waals surface area contributed by atoms with Crippen molar-refractivity contribution in [1.29, 1.82) is 0 Å². The van der Waals surface area contributed by atoms with Gasteiger partial charge in [-0.05, 0) is 44.4 Å². The molecule has 0 saturated carbocycles. The van der Waals surface area contributed by atoms with Gasteiger partial charge in [0.2, 0.25) is 0 Å². The molecule has 0 aliphatic heterocycles. The fourth-order valence-electron chi connectivity index (χ4n) is 1.54. The molecule has 0 unspecified atom stereocenters. The van der Waals surface area contributed by atoms with Gasteiger partial charge in [0.1, 0.15) is 5.82 Å². The quantitative estimate of drug-likeness (QED) is 0.647. The summed E-state index contributed by atoms with van der Waals surface area (Å²) in [5.41, 5.74) is 3.93. The SMILES string of the molecule is C=C(C)/C=C(\C)Cc1ccc(C)c(F)c1. The maximum atomic E-state index is 13.3. The van der Waals surface area contributed by atoms with E-state index >= 15 is 0 Å². The zero-order valence-corrected chi connectivity index (χ0v) is 9.60. The summed E-state index contributed by atoms with van der Waals surface area (Å²) in [6.45, 7) is 9.58. The minimum Gasteiger partial charge on any atom is -0.207 e. The third-order valence-corrected chi connectivity index (χ3v) is 2.21. The van der Waals surface area contributed by atoms with Crippen molar-refractivity contribution in [3.63, 3.8) is 0 Å². The van der Waals surface area contributed by atoms with Crippen molar-refractivity contribution in [2.45, 2.75) is 27.2 Å². The molecule has 0 N–H and O–H groups in total. The average molecular weight is 204 g/mol. The van der Waals surface area contributed by atoms with Gasteiger partial charge in [0, 0.05) is 0 Å². The Hall–Kier alpha value is -1.37. The Balaban J connectivity index is 2.82. The maximum absolute atomic E-state index is 13.3. The van der Waals surface area contributed by atoms with E-state index in [1.54, 1.807) is 13.0 Å². The molecule has 1 heteroatoms. The molecule has 0 saturated heterocycles. The molecule has 0 fully saturated rings. The van der Waals surface area contributed by atoms with Crippen LogP contribution in [0.1, 0.15) is 25.0 Å². The van der Waals surface area contributed by atoms with Crippen molar-refractivity contribution in [1.82, 2.24) is 0 Å². The Morgan fingerprint density at radius 1 is 1.40 bits per heavy atom. The number of hydrogen-bond acceptors (Lipinski definition) is 0. The summed E-state index contributed by atoms with van der Waals surface area (Å²) in [4.78, 5) is 0. The van der Waals surface area contributed by atoms with E-state index in [-0.39, 0.29) is 5.82 Å². The van der Waals surface area contributed by atoms with Crippen LogP contribution in [-0.2, 0) is 6.42 Å². The number of aryl methyl sites for hydroxylation is 1. The van der Waals surface area contributed by atoms with E-state index < -0.39 is 0 Å². The number of allylic oxidation sites excluding steroid dienone is 3. The van der Waals surface area contributed by atoms with Crippen LogP contribution in [0.2, 0.25) is 0 Å². The molecule has 1 aromatic rings. The van der Waals surface area contributed by atoms with E-state index in [0.717, 1.165) is 17.6 Å². The Kier molecular flexibility index (Phi) is 3.84. The summed E-state index contributed by atoms with van der Waals surface area (Å²) in [6, 6.07) is 5.39. The number of halogens is 1. The van der Waals surface area contributed by atoms with Crippen LogP contribution in [0.4, 0.5) is 4.39 Å². The molecule has 1 rings (SSSR count). The van der Waals surface area contributed by atoms with E-state index in [1.165, 1.54) is 5.57 Å². The normalized spacial score (nSPS) is 11.6. The van der Waals surface area contributed by atoms with E-state index in [1.807, 2.05) is 32.1 Å². The first-order valence-corrected chi connectivity index (χ1v) is 5.07. The van der Waals surface area contributed by atoms with Crippen molar-refractivity contribution >= 4 is 0 Å². The van der Waals surface area contributed by atoms with Gasteiger partial charge >= 0.3 is 0 Å². The number of rotatable bonds is 3. The number of hydrogen-bond donors (Lipinski definition) is 0. The summed E-state index contributed by atoms with van der Waals surface area (Å²) in [5.74, 6) is -0.129. The second-order valence-corrected chi connectivity index (χ2v) is 4.10. The molecule has 0 aromatic heterocycles. The van der Waals surface area contributed by atoms with Gasteiger partial charge in [0.05, 0.1) is 0 Å². The zero-order chi connectivity index (χ0) is 11.4. The molecule has 0 nitrogen and oxygen atoms in total. The van der Waals surface area contributed by atoms with Gasteiger partial charge in [0.25, 0.3) is 0 Å². The van der Waals surface area contributed by atoms with E-state index in [4.69, 9.17) is 0 Å². The third kappa shape index (κ3) is 3.70. The fraction of sp³-hybridized carbons (Fsp3) is 0.286. The molecule has 0 amide bonds. The first-order chi connectivity index (χ1) is 6.99. The lowest BCUT2D eigenvalue weighted by Crippen LogP contribution is -1.90. The van der Waals surface area contributed by atoms with Gasteiger partial charge in [-0.3, -0.25) is 0 Å². The summed E-state index contributed by atoms with van der Waals surface area (Å²) >= 11 is 0. The minimum absolute atomic E-state index is 0.129. The Labute approximate surface area is 91.1 Å². The van der Waals surface area contributed by atoms with E-state index in [9.17, 15) is 4.39 Å². The van der Waals surface area contributed by atoms with Crippen LogP contribution in [0.25, 0.3) is 0 Å². The summed E-state index contributed by atoms with van der Waals surface area (Å²) in [6.07, 6.45) is 2.81. The van der Waals surface area contributed by atoms with Crippen LogP contribution < -0.4 is 0 Å². The van der Waals surface area contributed by atoms with Crippen molar-refractivity contribution < 1.29 is 4.39 Å². The molecule has 0 aliphatic carbocycles. The van der Waals surface area contributed by atoms with Gasteiger partial charge in [-0.15, -0.1) is 0 Å². The lowest BCUT2D eigenvalue weighted by atomic mass is 10.0. The van der Waals surface area contributed by atoms with Crippen LogP contribution in [0.15, 0.2) is 42.0 Å². The second-order valence-electron chi connectivity index (χ2n) is 4.10. The second kappa shape index (κ2) is 4.92. The van der Waals surface area contributed by atoms with Gasteiger partial charge in [-0.25, -0.2) is 4.39 Å². The largest absolute Gasteiger partial charge is 0.207 e. The number of benzene rings is 1. The first kappa shape index (κ1) is 11.7. The Morgan fingerprint density at radius 2 is 2.07 bits per heavy atom. The minimum atomic E-state index is -0.129. The summed E-state index contributed by atoms with van der Waals surface area (Å²) in [5, 5.41) is 0. The van der Waals surface area contributed by atoms with Crippen LogP contribution in [0.3, 0.4) is 0 Å². The predicted octanol–water partition coefficient (Wildman–Crippen LogP) is 4.20. The molecule has 0 bridgehead atoms. The first-order valence-electron chi connectivity index (χ1n) is 5.07. The summed E-state index contributed by atoms with van der Waals surface area (Å²) in [7, 11) is 0. The highest BCUT2D eigenvalue weighted by Crippen LogP contribution is 2.13. The Morgan fingerprint density at radius 3 is 2.60 bits per heavy atom. The molecule has 80 valence electrons. The van der Waals surface area contributed by atoms with Gasteiger partial charge in [-0.2, -0.15) is 0 Å². The molecular weight excluding hydrogens is 187 g/mol. The molecule has 15 heavy (non-hydrogen) atoms.